The Morgan fingerprint density at radius 3 is 3.06 bits per heavy atom. The van der Waals surface area contributed by atoms with Gasteiger partial charge in [0.2, 0.25) is 0 Å². The molecule has 3 rings (SSSR count). The molecule has 0 N–H and O–H groups in total. The highest BCUT2D eigenvalue weighted by atomic mass is 15.4. The Bertz CT molecular complexity index is 547. The Kier molecular flexibility index (Phi) is 2.89. The van der Waals surface area contributed by atoms with Crippen molar-refractivity contribution in [2.45, 2.75) is 33.1 Å². The lowest BCUT2D eigenvalue weighted by molar-refractivity contribution is 0.521. The van der Waals surface area contributed by atoms with Gasteiger partial charge in [0.15, 0.2) is 0 Å². The summed E-state index contributed by atoms with van der Waals surface area (Å²) < 4.78 is 1.85. The maximum Gasteiger partial charge on any atom is 0.254 e. The van der Waals surface area contributed by atoms with E-state index >= 15 is 0 Å². The molecule has 0 aromatic carbocycles. The summed E-state index contributed by atoms with van der Waals surface area (Å²) in [6.07, 6.45) is 5.39. The second-order valence-electron chi connectivity index (χ2n) is 5.25. The largest absolute Gasteiger partial charge is 0.356 e. The van der Waals surface area contributed by atoms with Crippen LogP contribution in [0.4, 0.5) is 5.82 Å². The Labute approximate surface area is 107 Å². The van der Waals surface area contributed by atoms with Crippen LogP contribution in [0.15, 0.2) is 12.4 Å². The van der Waals surface area contributed by atoms with Crippen LogP contribution >= 0.6 is 0 Å². The molecule has 5 nitrogen and oxygen atoms in total. The summed E-state index contributed by atoms with van der Waals surface area (Å²) in [6.45, 7) is 6.55. The predicted molar refractivity (Wildman–Crippen MR) is 70.7 cm³/mol. The van der Waals surface area contributed by atoms with E-state index in [1.54, 1.807) is 6.33 Å². The lowest BCUT2D eigenvalue weighted by Crippen LogP contribution is -2.27. The van der Waals surface area contributed by atoms with E-state index in [1.807, 2.05) is 11.4 Å². The van der Waals surface area contributed by atoms with Crippen molar-refractivity contribution in [2.24, 2.45) is 5.92 Å². The predicted octanol–water partition coefficient (Wildman–Crippen LogP) is 2.06. The minimum atomic E-state index is 0.697. The third-order valence-electron chi connectivity index (χ3n) is 3.70. The zero-order valence-corrected chi connectivity index (χ0v) is 11.0. The van der Waals surface area contributed by atoms with Gasteiger partial charge in [-0.25, -0.2) is 4.98 Å². The molecule has 0 spiro atoms. The molecular weight excluding hydrogens is 226 g/mol. The summed E-state index contributed by atoms with van der Waals surface area (Å²) in [5, 5.41) is 4.29. The summed E-state index contributed by atoms with van der Waals surface area (Å²) in [5.41, 5.74) is 1.00. The number of aryl methyl sites for hydroxylation is 1. The Balaban J connectivity index is 1.99. The van der Waals surface area contributed by atoms with Crippen molar-refractivity contribution in [1.82, 2.24) is 19.6 Å². The van der Waals surface area contributed by atoms with Crippen LogP contribution < -0.4 is 4.90 Å². The van der Waals surface area contributed by atoms with E-state index in [0.29, 0.717) is 5.78 Å². The number of nitrogens with zero attached hydrogens (tertiary/aromatic N) is 5. The van der Waals surface area contributed by atoms with Crippen molar-refractivity contribution < 1.29 is 0 Å². The van der Waals surface area contributed by atoms with E-state index in [-0.39, 0.29) is 0 Å². The Hall–Kier alpha value is -1.65. The highest BCUT2D eigenvalue weighted by molar-refractivity contribution is 5.47. The number of hydrogen-bond donors (Lipinski definition) is 0. The fourth-order valence-corrected chi connectivity index (χ4v) is 2.63. The highest BCUT2D eigenvalue weighted by Gasteiger charge is 2.17. The normalized spacial score (nSPS) is 21.2. The van der Waals surface area contributed by atoms with Gasteiger partial charge in [0.05, 0.1) is 0 Å². The maximum atomic E-state index is 4.39. The third kappa shape index (κ3) is 2.05. The highest BCUT2D eigenvalue weighted by Crippen LogP contribution is 2.22. The summed E-state index contributed by atoms with van der Waals surface area (Å²) in [4.78, 5) is 11.0. The van der Waals surface area contributed by atoms with Crippen LogP contribution in [0.25, 0.3) is 5.78 Å². The van der Waals surface area contributed by atoms with Gasteiger partial charge in [0, 0.05) is 24.8 Å². The minimum Gasteiger partial charge on any atom is -0.356 e. The third-order valence-corrected chi connectivity index (χ3v) is 3.70. The molecule has 0 saturated carbocycles. The van der Waals surface area contributed by atoms with Crippen LogP contribution in [0.3, 0.4) is 0 Å². The number of hydrogen-bond acceptors (Lipinski definition) is 4. The van der Waals surface area contributed by atoms with Crippen LogP contribution in [0, 0.1) is 12.8 Å². The first-order valence-electron chi connectivity index (χ1n) is 6.66. The summed E-state index contributed by atoms with van der Waals surface area (Å²) >= 11 is 0. The molecule has 1 saturated heterocycles. The van der Waals surface area contributed by atoms with Gasteiger partial charge in [0.1, 0.15) is 12.1 Å². The fraction of sp³-hybridized carbons (Fsp3) is 0.615. The van der Waals surface area contributed by atoms with Gasteiger partial charge < -0.3 is 4.90 Å². The molecular formula is C13H19N5. The molecule has 96 valence electrons. The second kappa shape index (κ2) is 4.55. The Morgan fingerprint density at radius 2 is 2.17 bits per heavy atom. The Morgan fingerprint density at radius 1 is 1.28 bits per heavy atom. The number of aromatic nitrogens is 4. The van der Waals surface area contributed by atoms with Crippen molar-refractivity contribution in [3.63, 3.8) is 0 Å². The summed E-state index contributed by atoms with van der Waals surface area (Å²) in [6, 6.07) is 2.11. The average Bonchev–Trinajstić information content (AvgIpc) is 2.70. The van der Waals surface area contributed by atoms with Crippen molar-refractivity contribution in [1.29, 1.82) is 0 Å². The van der Waals surface area contributed by atoms with Gasteiger partial charge in [-0.1, -0.05) is 6.92 Å². The van der Waals surface area contributed by atoms with E-state index in [2.05, 4.69) is 33.0 Å². The molecule has 0 amide bonds. The van der Waals surface area contributed by atoms with Crippen LogP contribution in [-0.2, 0) is 0 Å². The molecule has 1 unspecified atom stereocenters. The first kappa shape index (κ1) is 11.4. The van der Waals surface area contributed by atoms with E-state index < -0.39 is 0 Å². The van der Waals surface area contributed by atoms with Crippen molar-refractivity contribution in [3.8, 4) is 0 Å². The smallest absolute Gasteiger partial charge is 0.254 e. The molecule has 0 bridgehead atoms. The first-order chi connectivity index (χ1) is 8.74. The molecule has 0 radical (unpaired) electrons. The molecule has 18 heavy (non-hydrogen) atoms. The molecule has 3 heterocycles. The minimum absolute atomic E-state index is 0.697. The van der Waals surface area contributed by atoms with E-state index in [1.165, 1.54) is 19.3 Å². The zero-order valence-electron chi connectivity index (χ0n) is 11.0. The van der Waals surface area contributed by atoms with Gasteiger partial charge in [-0.15, -0.1) is 0 Å². The van der Waals surface area contributed by atoms with Gasteiger partial charge in [-0.05, 0) is 32.1 Å². The molecule has 1 atom stereocenters. The van der Waals surface area contributed by atoms with Crippen LogP contribution in [0.5, 0.6) is 0 Å². The number of fused-ring (bicyclic) bond motifs is 1. The van der Waals surface area contributed by atoms with Gasteiger partial charge in [0.25, 0.3) is 5.78 Å². The molecule has 2 aromatic heterocycles. The zero-order chi connectivity index (χ0) is 12.5. The van der Waals surface area contributed by atoms with E-state index in [0.717, 1.165) is 30.5 Å². The lowest BCUT2D eigenvalue weighted by Gasteiger charge is -2.23. The van der Waals surface area contributed by atoms with E-state index in [9.17, 15) is 0 Å². The molecule has 0 aliphatic carbocycles. The van der Waals surface area contributed by atoms with Gasteiger partial charge in [-0.3, -0.25) is 0 Å². The van der Waals surface area contributed by atoms with Crippen molar-refractivity contribution >= 4 is 11.6 Å². The number of anilines is 1. The van der Waals surface area contributed by atoms with Gasteiger partial charge >= 0.3 is 0 Å². The van der Waals surface area contributed by atoms with Crippen LogP contribution in [0.1, 0.15) is 31.9 Å². The SMILES string of the molecule is Cc1cc(N2CCCC(C)CC2)n2ncnc2n1. The molecule has 1 aliphatic heterocycles. The molecule has 5 heteroatoms. The average molecular weight is 245 g/mol. The maximum absolute atomic E-state index is 4.39. The first-order valence-corrected chi connectivity index (χ1v) is 6.66. The molecule has 2 aromatic rings. The monoisotopic (exact) mass is 245 g/mol. The molecule has 1 fully saturated rings. The fourth-order valence-electron chi connectivity index (χ4n) is 2.63. The van der Waals surface area contributed by atoms with Crippen LogP contribution in [0.2, 0.25) is 0 Å². The van der Waals surface area contributed by atoms with Crippen molar-refractivity contribution in [2.75, 3.05) is 18.0 Å². The quantitative estimate of drug-likeness (QED) is 0.771. The number of rotatable bonds is 1. The second-order valence-corrected chi connectivity index (χ2v) is 5.25. The van der Waals surface area contributed by atoms with Crippen LogP contribution in [-0.4, -0.2) is 32.7 Å². The van der Waals surface area contributed by atoms with Crippen molar-refractivity contribution in [3.05, 3.63) is 18.1 Å². The lowest BCUT2D eigenvalue weighted by atomic mass is 10.0. The standard InChI is InChI=1S/C13H19N5/c1-10-4-3-6-17(7-5-10)12-8-11(2)16-13-14-9-15-18(12)13/h8-10H,3-7H2,1-2H3. The summed E-state index contributed by atoms with van der Waals surface area (Å²) in [5.74, 6) is 2.65. The van der Waals surface area contributed by atoms with Gasteiger partial charge in [-0.2, -0.15) is 14.6 Å². The molecule has 1 aliphatic rings. The van der Waals surface area contributed by atoms with E-state index in [4.69, 9.17) is 0 Å². The summed E-state index contributed by atoms with van der Waals surface area (Å²) in [7, 11) is 0. The topological polar surface area (TPSA) is 46.3 Å².